The van der Waals surface area contributed by atoms with Gasteiger partial charge in [-0.15, -0.1) is 0 Å². The lowest BCUT2D eigenvalue weighted by Crippen LogP contribution is -2.25. The van der Waals surface area contributed by atoms with Crippen molar-refractivity contribution >= 4 is 17.4 Å². The number of rotatable bonds is 8. The predicted molar refractivity (Wildman–Crippen MR) is 94.4 cm³/mol. The average molecular weight is 326 g/mol. The SMILES string of the molecule is COc1ccccc1CNC(=O)CCNc1cccc(C(C)=O)c1. The molecule has 0 saturated heterocycles. The quantitative estimate of drug-likeness (QED) is 0.732. The number of ether oxygens (including phenoxy) is 1. The largest absolute Gasteiger partial charge is 0.496 e. The number of benzene rings is 2. The van der Waals surface area contributed by atoms with E-state index in [9.17, 15) is 9.59 Å². The zero-order valence-electron chi connectivity index (χ0n) is 14.0. The summed E-state index contributed by atoms with van der Waals surface area (Å²) in [5.74, 6) is 0.737. The van der Waals surface area contributed by atoms with E-state index in [0.717, 1.165) is 17.0 Å². The molecule has 2 aromatic rings. The molecule has 0 bridgehead atoms. The highest BCUT2D eigenvalue weighted by Crippen LogP contribution is 2.16. The summed E-state index contributed by atoms with van der Waals surface area (Å²) in [7, 11) is 1.61. The minimum Gasteiger partial charge on any atom is -0.496 e. The molecule has 2 rings (SSSR count). The first kappa shape index (κ1) is 17.5. The molecule has 0 atom stereocenters. The smallest absolute Gasteiger partial charge is 0.222 e. The summed E-state index contributed by atoms with van der Waals surface area (Å²) in [6.45, 7) is 2.46. The Morgan fingerprint density at radius 1 is 1.08 bits per heavy atom. The Morgan fingerprint density at radius 2 is 1.88 bits per heavy atom. The molecular weight excluding hydrogens is 304 g/mol. The Bertz CT molecular complexity index is 713. The normalized spacial score (nSPS) is 10.1. The lowest BCUT2D eigenvalue weighted by atomic mass is 10.1. The van der Waals surface area contributed by atoms with Gasteiger partial charge in [0.2, 0.25) is 5.91 Å². The lowest BCUT2D eigenvalue weighted by molar-refractivity contribution is -0.121. The molecule has 5 nitrogen and oxygen atoms in total. The topological polar surface area (TPSA) is 67.4 Å². The van der Waals surface area contributed by atoms with Gasteiger partial charge in [-0.1, -0.05) is 30.3 Å². The van der Waals surface area contributed by atoms with E-state index in [0.29, 0.717) is 25.1 Å². The molecule has 126 valence electrons. The Morgan fingerprint density at radius 3 is 2.62 bits per heavy atom. The summed E-state index contributed by atoms with van der Waals surface area (Å²) in [5, 5.41) is 6.03. The van der Waals surface area contributed by atoms with Gasteiger partial charge in [0.05, 0.1) is 7.11 Å². The molecular formula is C19H22N2O3. The summed E-state index contributed by atoms with van der Waals surface area (Å²) in [6, 6.07) is 14.8. The number of nitrogens with one attached hydrogen (secondary N) is 2. The Hall–Kier alpha value is -2.82. The van der Waals surface area contributed by atoms with Crippen LogP contribution in [0.4, 0.5) is 5.69 Å². The fourth-order valence-corrected chi connectivity index (χ4v) is 2.30. The Kier molecular flexibility index (Phi) is 6.37. The molecule has 24 heavy (non-hydrogen) atoms. The van der Waals surface area contributed by atoms with Gasteiger partial charge in [-0.05, 0) is 25.1 Å². The molecule has 0 radical (unpaired) electrons. The second-order valence-electron chi connectivity index (χ2n) is 5.40. The van der Waals surface area contributed by atoms with Crippen molar-refractivity contribution in [3.63, 3.8) is 0 Å². The van der Waals surface area contributed by atoms with E-state index in [1.54, 1.807) is 19.2 Å². The van der Waals surface area contributed by atoms with Gasteiger partial charge >= 0.3 is 0 Å². The number of hydrogen-bond acceptors (Lipinski definition) is 4. The molecule has 2 N–H and O–H groups in total. The van der Waals surface area contributed by atoms with E-state index in [4.69, 9.17) is 4.74 Å². The van der Waals surface area contributed by atoms with Crippen LogP contribution < -0.4 is 15.4 Å². The second-order valence-corrected chi connectivity index (χ2v) is 5.40. The Labute approximate surface area is 142 Å². The number of anilines is 1. The number of amides is 1. The lowest BCUT2D eigenvalue weighted by Gasteiger charge is -2.10. The molecule has 0 aliphatic rings. The average Bonchev–Trinajstić information content (AvgIpc) is 2.60. The van der Waals surface area contributed by atoms with E-state index in [-0.39, 0.29) is 11.7 Å². The van der Waals surface area contributed by atoms with Crippen molar-refractivity contribution < 1.29 is 14.3 Å². The van der Waals surface area contributed by atoms with E-state index in [1.165, 1.54) is 6.92 Å². The van der Waals surface area contributed by atoms with Gasteiger partial charge in [0, 0.05) is 36.3 Å². The first-order valence-corrected chi connectivity index (χ1v) is 7.83. The van der Waals surface area contributed by atoms with Gasteiger partial charge < -0.3 is 15.4 Å². The highest BCUT2D eigenvalue weighted by atomic mass is 16.5. The molecule has 1 amide bonds. The number of para-hydroxylation sites is 1. The minimum absolute atomic E-state index is 0.0215. The third-order valence-electron chi connectivity index (χ3n) is 3.62. The minimum atomic E-state index is -0.0453. The molecule has 0 unspecified atom stereocenters. The number of carbonyl (C=O) groups is 2. The van der Waals surface area contributed by atoms with Crippen LogP contribution in [0.25, 0.3) is 0 Å². The number of methoxy groups -OCH3 is 1. The van der Waals surface area contributed by atoms with Gasteiger partial charge in [0.25, 0.3) is 0 Å². The number of carbonyl (C=O) groups excluding carboxylic acids is 2. The second kappa shape index (κ2) is 8.72. The van der Waals surface area contributed by atoms with Crippen molar-refractivity contribution in [2.24, 2.45) is 0 Å². The zero-order valence-corrected chi connectivity index (χ0v) is 14.0. The molecule has 0 aliphatic heterocycles. The molecule has 5 heteroatoms. The monoisotopic (exact) mass is 326 g/mol. The van der Waals surface area contributed by atoms with Crippen LogP contribution in [0.2, 0.25) is 0 Å². The van der Waals surface area contributed by atoms with Crippen molar-refractivity contribution in [3.05, 3.63) is 59.7 Å². The van der Waals surface area contributed by atoms with Gasteiger partial charge in [-0.3, -0.25) is 9.59 Å². The van der Waals surface area contributed by atoms with Gasteiger partial charge in [0.1, 0.15) is 5.75 Å². The summed E-state index contributed by atoms with van der Waals surface area (Å²) in [5.41, 5.74) is 2.43. The van der Waals surface area contributed by atoms with Crippen molar-refractivity contribution in [1.29, 1.82) is 0 Å². The molecule has 0 saturated carbocycles. The summed E-state index contributed by atoms with van der Waals surface area (Å²) in [6.07, 6.45) is 0.347. The fraction of sp³-hybridized carbons (Fsp3) is 0.263. The molecule has 0 fully saturated rings. The van der Waals surface area contributed by atoms with Gasteiger partial charge in [-0.2, -0.15) is 0 Å². The van der Waals surface area contributed by atoms with Crippen molar-refractivity contribution in [1.82, 2.24) is 5.32 Å². The van der Waals surface area contributed by atoms with Crippen LogP contribution in [0.1, 0.15) is 29.3 Å². The molecule has 0 spiro atoms. The molecule has 0 heterocycles. The maximum absolute atomic E-state index is 11.9. The van der Waals surface area contributed by atoms with Crippen LogP contribution in [0, 0.1) is 0 Å². The van der Waals surface area contributed by atoms with Crippen molar-refractivity contribution in [2.45, 2.75) is 19.9 Å². The standard InChI is InChI=1S/C19H22N2O3/c1-14(22)15-7-5-8-17(12-15)20-11-10-19(23)21-13-16-6-3-4-9-18(16)24-2/h3-9,12,20H,10-11,13H2,1-2H3,(H,21,23). The first-order chi connectivity index (χ1) is 11.6. The van der Waals surface area contributed by atoms with Crippen LogP contribution in [0.15, 0.2) is 48.5 Å². The predicted octanol–water partition coefficient (Wildman–Crippen LogP) is 3.02. The van der Waals surface area contributed by atoms with Crippen LogP contribution in [-0.4, -0.2) is 25.3 Å². The van der Waals surface area contributed by atoms with E-state index in [1.807, 2.05) is 36.4 Å². The fourth-order valence-electron chi connectivity index (χ4n) is 2.30. The maximum Gasteiger partial charge on any atom is 0.222 e. The highest BCUT2D eigenvalue weighted by Gasteiger charge is 2.05. The molecule has 0 aromatic heterocycles. The van der Waals surface area contributed by atoms with Gasteiger partial charge in [0.15, 0.2) is 5.78 Å². The highest BCUT2D eigenvalue weighted by molar-refractivity contribution is 5.94. The van der Waals surface area contributed by atoms with Crippen LogP contribution >= 0.6 is 0 Å². The zero-order chi connectivity index (χ0) is 17.4. The number of ketones is 1. The molecule has 0 aliphatic carbocycles. The number of hydrogen-bond donors (Lipinski definition) is 2. The van der Waals surface area contributed by atoms with Crippen molar-refractivity contribution in [2.75, 3.05) is 19.0 Å². The van der Waals surface area contributed by atoms with Crippen molar-refractivity contribution in [3.8, 4) is 5.75 Å². The summed E-state index contributed by atoms with van der Waals surface area (Å²) in [4.78, 5) is 23.3. The first-order valence-electron chi connectivity index (χ1n) is 7.83. The van der Waals surface area contributed by atoms with Crippen LogP contribution in [-0.2, 0) is 11.3 Å². The van der Waals surface area contributed by atoms with E-state index < -0.39 is 0 Å². The maximum atomic E-state index is 11.9. The Balaban J connectivity index is 1.77. The third kappa shape index (κ3) is 5.12. The van der Waals surface area contributed by atoms with E-state index in [2.05, 4.69) is 10.6 Å². The van der Waals surface area contributed by atoms with Crippen LogP contribution in [0.3, 0.4) is 0 Å². The molecule has 2 aromatic carbocycles. The van der Waals surface area contributed by atoms with Crippen LogP contribution in [0.5, 0.6) is 5.75 Å². The third-order valence-corrected chi connectivity index (χ3v) is 3.62. The van der Waals surface area contributed by atoms with Gasteiger partial charge in [-0.25, -0.2) is 0 Å². The summed E-state index contributed by atoms with van der Waals surface area (Å²) >= 11 is 0. The summed E-state index contributed by atoms with van der Waals surface area (Å²) < 4.78 is 5.26. The van der Waals surface area contributed by atoms with E-state index >= 15 is 0 Å². The number of Topliss-reactive ketones (excluding diaryl/α,β-unsaturated/α-hetero) is 1.